The number of hydrogen-bond acceptors (Lipinski definition) is 2. The topological polar surface area (TPSA) is 12.5 Å². The smallest absolute Gasteiger partial charge is 0.102 e. The second kappa shape index (κ2) is 7.95. The van der Waals surface area contributed by atoms with Crippen LogP contribution in [0.2, 0.25) is 0 Å². The molecule has 0 aromatic heterocycles. The molecule has 0 heterocycles. The molecule has 0 unspecified atom stereocenters. The SMILES string of the molecule is CCOCCCN(C)CCF. The summed E-state index contributed by atoms with van der Waals surface area (Å²) >= 11 is 0. The van der Waals surface area contributed by atoms with E-state index in [1.165, 1.54) is 0 Å². The van der Waals surface area contributed by atoms with E-state index in [1.54, 1.807) is 0 Å². The predicted octanol–water partition coefficient (Wildman–Crippen LogP) is 1.31. The average molecular weight is 163 g/mol. The van der Waals surface area contributed by atoms with Crippen molar-refractivity contribution in [3.8, 4) is 0 Å². The first-order chi connectivity index (χ1) is 5.31. The molecule has 0 aliphatic heterocycles. The van der Waals surface area contributed by atoms with Crippen molar-refractivity contribution in [1.82, 2.24) is 4.90 Å². The van der Waals surface area contributed by atoms with Crippen molar-refractivity contribution in [2.24, 2.45) is 0 Å². The molecule has 0 aromatic carbocycles. The van der Waals surface area contributed by atoms with E-state index in [0.29, 0.717) is 6.54 Å². The Bertz CT molecular complexity index is 80.5. The molecule has 0 aromatic rings. The maximum atomic E-state index is 11.7. The number of alkyl halides is 1. The quantitative estimate of drug-likeness (QED) is 0.525. The first kappa shape index (κ1) is 10.8. The van der Waals surface area contributed by atoms with Crippen LogP contribution in [0, 0.1) is 0 Å². The van der Waals surface area contributed by atoms with Gasteiger partial charge in [0.2, 0.25) is 0 Å². The summed E-state index contributed by atoms with van der Waals surface area (Å²) in [6.45, 7) is 4.73. The molecular formula is C8H18FNO. The Labute approximate surface area is 68.3 Å². The molecule has 0 amide bonds. The fourth-order valence-corrected chi connectivity index (χ4v) is 0.837. The van der Waals surface area contributed by atoms with Gasteiger partial charge in [-0.2, -0.15) is 0 Å². The molecule has 0 radical (unpaired) electrons. The lowest BCUT2D eigenvalue weighted by Crippen LogP contribution is -2.23. The molecular weight excluding hydrogens is 145 g/mol. The predicted molar refractivity (Wildman–Crippen MR) is 44.6 cm³/mol. The van der Waals surface area contributed by atoms with Crippen LogP contribution in [0.5, 0.6) is 0 Å². The van der Waals surface area contributed by atoms with Gasteiger partial charge in [0.25, 0.3) is 0 Å². The van der Waals surface area contributed by atoms with E-state index in [9.17, 15) is 4.39 Å². The monoisotopic (exact) mass is 163 g/mol. The summed E-state index contributed by atoms with van der Waals surface area (Å²) in [7, 11) is 1.92. The molecule has 0 atom stereocenters. The number of halogens is 1. The van der Waals surface area contributed by atoms with Gasteiger partial charge in [-0.15, -0.1) is 0 Å². The van der Waals surface area contributed by atoms with Crippen LogP contribution in [0.1, 0.15) is 13.3 Å². The fourth-order valence-electron chi connectivity index (χ4n) is 0.837. The highest BCUT2D eigenvalue weighted by Crippen LogP contribution is 1.88. The van der Waals surface area contributed by atoms with Crippen molar-refractivity contribution >= 4 is 0 Å². The lowest BCUT2D eigenvalue weighted by molar-refractivity contribution is 0.134. The van der Waals surface area contributed by atoms with Gasteiger partial charge in [0, 0.05) is 26.3 Å². The van der Waals surface area contributed by atoms with Gasteiger partial charge in [-0.25, -0.2) is 4.39 Å². The maximum absolute atomic E-state index is 11.7. The van der Waals surface area contributed by atoms with E-state index < -0.39 is 0 Å². The number of hydrogen-bond donors (Lipinski definition) is 0. The molecule has 0 fully saturated rings. The third kappa shape index (κ3) is 7.75. The number of ether oxygens (including phenoxy) is 1. The second-order valence-electron chi connectivity index (χ2n) is 2.54. The zero-order chi connectivity index (χ0) is 8.53. The second-order valence-corrected chi connectivity index (χ2v) is 2.54. The fraction of sp³-hybridized carbons (Fsp3) is 1.00. The van der Waals surface area contributed by atoms with Crippen molar-refractivity contribution in [3.05, 3.63) is 0 Å². The Kier molecular flexibility index (Phi) is 7.84. The summed E-state index contributed by atoms with van der Waals surface area (Å²) in [6.07, 6.45) is 0.990. The van der Waals surface area contributed by atoms with Crippen molar-refractivity contribution in [3.63, 3.8) is 0 Å². The summed E-state index contributed by atoms with van der Waals surface area (Å²) < 4.78 is 16.9. The van der Waals surface area contributed by atoms with E-state index in [2.05, 4.69) is 0 Å². The first-order valence-electron chi connectivity index (χ1n) is 4.13. The minimum Gasteiger partial charge on any atom is -0.382 e. The van der Waals surface area contributed by atoms with Crippen molar-refractivity contribution < 1.29 is 9.13 Å². The standard InChI is InChI=1S/C8H18FNO/c1-3-11-8-4-6-10(2)7-5-9/h3-8H2,1-2H3. The number of rotatable bonds is 7. The highest BCUT2D eigenvalue weighted by molar-refractivity contribution is 4.49. The van der Waals surface area contributed by atoms with Gasteiger partial charge < -0.3 is 9.64 Å². The highest BCUT2D eigenvalue weighted by Gasteiger charge is 1.95. The van der Waals surface area contributed by atoms with Crippen LogP contribution in [0.3, 0.4) is 0 Å². The molecule has 68 valence electrons. The van der Waals surface area contributed by atoms with E-state index in [4.69, 9.17) is 4.74 Å². The maximum Gasteiger partial charge on any atom is 0.102 e. The van der Waals surface area contributed by atoms with Crippen LogP contribution in [0.4, 0.5) is 4.39 Å². The molecule has 3 heteroatoms. The van der Waals surface area contributed by atoms with Crippen molar-refractivity contribution in [2.75, 3.05) is 40.0 Å². The summed E-state index contributed by atoms with van der Waals surface area (Å²) in [5.41, 5.74) is 0. The normalized spacial score (nSPS) is 10.9. The minimum atomic E-state index is -0.259. The molecule has 0 saturated heterocycles. The van der Waals surface area contributed by atoms with E-state index in [0.717, 1.165) is 26.2 Å². The van der Waals surface area contributed by atoms with Crippen LogP contribution in [0.25, 0.3) is 0 Å². The third-order valence-electron chi connectivity index (χ3n) is 1.50. The van der Waals surface area contributed by atoms with E-state index in [1.807, 2.05) is 18.9 Å². The summed E-state index contributed by atoms with van der Waals surface area (Å²) in [4.78, 5) is 1.97. The van der Waals surface area contributed by atoms with Crippen LogP contribution in [-0.4, -0.2) is 44.9 Å². The molecule has 11 heavy (non-hydrogen) atoms. The van der Waals surface area contributed by atoms with Gasteiger partial charge in [0.1, 0.15) is 6.67 Å². The lowest BCUT2D eigenvalue weighted by atomic mass is 10.4. The number of nitrogens with zero attached hydrogens (tertiary/aromatic N) is 1. The van der Waals surface area contributed by atoms with Crippen LogP contribution in [0.15, 0.2) is 0 Å². The zero-order valence-corrected chi connectivity index (χ0v) is 7.48. The molecule has 2 nitrogen and oxygen atoms in total. The molecule has 0 aliphatic carbocycles. The Hall–Kier alpha value is -0.150. The van der Waals surface area contributed by atoms with Crippen LogP contribution < -0.4 is 0 Å². The minimum absolute atomic E-state index is 0.259. The third-order valence-corrected chi connectivity index (χ3v) is 1.50. The summed E-state index contributed by atoms with van der Waals surface area (Å²) in [5.74, 6) is 0. The van der Waals surface area contributed by atoms with Gasteiger partial charge in [0.15, 0.2) is 0 Å². The summed E-state index contributed by atoms with van der Waals surface area (Å²) in [5, 5.41) is 0. The first-order valence-corrected chi connectivity index (χ1v) is 4.13. The Morgan fingerprint density at radius 2 is 2.09 bits per heavy atom. The molecule has 0 rings (SSSR count). The van der Waals surface area contributed by atoms with Gasteiger partial charge in [-0.3, -0.25) is 0 Å². The average Bonchev–Trinajstić information content (AvgIpc) is 1.99. The zero-order valence-electron chi connectivity index (χ0n) is 7.48. The van der Waals surface area contributed by atoms with Gasteiger partial charge in [-0.05, 0) is 20.4 Å². The Morgan fingerprint density at radius 3 is 2.64 bits per heavy atom. The lowest BCUT2D eigenvalue weighted by Gasteiger charge is -2.13. The van der Waals surface area contributed by atoms with Crippen LogP contribution in [-0.2, 0) is 4.74 Å². The van der Waals surface area contributed by atoms with E-state index >= 15 is 0 Å². The molecule has 0 bridgehead atoms. The van der Waals surface area contributed by atoms with E-state index in [-0.39, 0.29) is 6.67 Å². The van der Waals surface area contributed by atoms with Crippen molar-refractivity contribution in [1.29, 1.82) is 0 Å². The highest BCUT2D eigenvalue weighted by atomic mass is 19.1. The van der Waals surface area contributed by atoms with Gasteiger partial charge >= 0.3 is 0 Å². The van der Waals surface area contributed by atoms with Crippen molar-refractivity contribution in [2.45, 2.75) is 13.3 Å². The Morgan fingerprint density at radius 1 is 1.36 bits per heavy atom. The van der Waals surface area contributed by atoms with Gasteiger partial charge in [-0.1, -0.05) is 0 Å². The van der Waals surface area contributed by atoms with Gasteiger partial charge in [0.05, 0.1) is 0 Å². The molecule has 0 spiro atoms. The van der Waals surface area contributed by atoms with Crippen LogP contribution >= 0.6 is 0 Å². The summed E-state index contributed by atoms with van der Waals surface area (Å²) in [6, 6.07) is 0. The molecule has 0 N–H and O–H groups in total. The molecule has 0 aliphatic rings. The Balaban J connectivity index is 2.97. The molecule has 0 saturated carbocycles. The largest absolute Gasteiger partial charge is 0.382 e.